The van der Waals surface area contributed by atoms with Crippen molar-refractivity contribution in [2.75, 3.05) is 12.3 Å². The van der Waals surface area contributed by atoms with Crippen LogP contribution in [-0.4, -0.2) is 81.5 Å². The number of alkyl halides is 3. The van der Waals surface area contributed by atoms with Crippen LogP contribution in [0, 0.1) is 5.92 Å². The fraction of sp³-hybridized carbons (Fsp3) is 0.556. The Labute approximate surface area is 243 Å². The molecule has 5 N–H and O–H groups in total. The molecule has 3 aromatic heterocycles. The molecule has 0 radical (unpaired) electrons. The monoisotopic (exact) mass is 608 g/mol. The lowest BCUT2D eigenvalue weighted by Gasteiger charge is -2.46. The van der Waals surface area contributed by atoms with Gasteiger partial charge in [0.1, 0.15) is 36.0 Å². The van der Waals surface area contributed by atoms with Gasteiger partial charge in [-0.25, -0.2) is 19.9 Å². The van der Waals surface area contributed by atoms with Gasteiger partial charge < -0.3 is 25.7 Å². The summed E-state index contributed by atoms with van der Waals surface area (Å²) in [5.41, 5.74) is 6.54. The van der Waals surface area contributed by atoms with E-state index >= 15 is 0 Å². The van der Waals surface area contributed by atoms with Crippen LogP contribution in [0.4, 0.5) is 19.0 Å². The van der Waals surface area contributed by atoms with E-state index in [0.29, 0.717) is 46.9 Å². The van der Waals surface area contributed by atoms with Gasteiger partial charge in [0.2, 0.25) is 0 Å². The van der Waals surface area contributed by atoms with Crippen LogP contribution in [0.3, 0.4) is 0 Å². The average molecular weight is 609 g/mol. The topological polar surface area (TPSA) is 151 Å². The third kappa shape index (κ3) is 5.30. The second-order valence-corrected chi connectivity index (χ2v) is 11.9. The summed E-state index contributed by atoms with van der Waals surface area (Å²) in [6, 6.07) is 2.70. The highest BCUT2D eigenvalue weighted by molar-refractivity contribution is 6.32. The Morgan fingerprint density at radius 3 is 2.67 bits per heavy atom. The Hall–Kier alpha value is -3.04. The number of rotatable bonds is 8. The van der Waals surface area contributed by atoms with Gasteiger partial charge in [-0.05, 0) is 51.2 Å². The van der Waals surface area contributed by atoms with Crippen LogP contribution in [0.15, 0.2) is 24.8 Å². The Morgan fingerprint density at radius 2 is 1.95 bits per heavy atom. The lowest BCUT2D eigenvalue weighted by molar-refractivity contribution is -0.137. The first-order valence-electron chi connectivity index (χ1n) is 13.9. The van der Waals surface area contributed by atoms with E-state index in [2.05, 4.69) is 43.7 Å². The van der Waals surface area contributed by atoms with Gasteiger partial charge in [-0.15, -0.1) is 0 Å². The van der Waals surface area contributed by atoms with Crippen LogP contribution in [0.5, 0.6) is 0 Å². The van der Waals surface area contributed by atoms with E-state index in [1.807, 2.05) is 0 Å². The fourth-order valence-electron chi connectivity index (χ4n) is 6.12. The highest BCUT2D eigenvalue weighted by atomic mass is 35.5. The number of halogens is 4. The number of nitrogens with two attached hydrogens (primary N) is 1. The van der Waals surface area contributed by atoms with Gasteiger partial charge in [0.25, 0.3) is 0 Å². The first-order valence-corrected chi connectivity index (χ1v) is 14.2. The van der Waals surface area contributed by atoms with Crippen molar-refractivity contribution >= 4 is 39.6 Å². The van der Waals surface area contributed by atoms with Crippen molar-refractivity contribution in [1.29, 1.82) is 0 Å². The molecule has 15 heteroatoms. The summed E-state index contributed by atoms with van der Waals surface area (Å²) in [5.74, 6) is 1.27. The molecule has 1 saturated heterocycles. The van der Waals surface area contributed by atoms with Gasteiger partial charge >= 0.3 is 6.18 Å². The maximum Gasteiger partial charge on any atom is 0.417 e. The maximum atomic E-state index is 13.2. The number of aromatic amines is 1. The molecule has 1 saturated carbocycles. The zero-order valence-corrected chi connectivity index (χ0v) is 23.7. The maximum absolute atomic E-state index is 13.2. The number of aliphatic hydroxyl groups is 2. The van der Waals surface area contributed by atoms with E-state index in [1.54, 1.807) is 4.57 Å². The van der Waals surface area contributed by atoms with Gasteiger partial charge in [0, 0.05) is 25.0 Å². The van der Waals surface area contributed by atoms with Crippen LogP contribution in [0.2, 0.25) is 5.02 Å². The molecule has 4 atom stereocenters. The normalized spacial score (nSPS) is 26.6. The summed E-state index contributed by atoms with van der Waals surface area (Å²) in [6.45, 7) is 4.60. The number of hydrogen-bond acceptors (Lipinski definition) is 9. The fourth-order valence-corrected chi connectivity index (χ4v) is 6.39. The number of fused-ring (bicyclic) bond motifs is 2. The van der Waals surface area contributed by atoms with Gasteiger partial charge in [-0.3, -0.25) is 9.47 Å². The first kappa shape index (κ1) is 29.1. The molecule has 11 nitrogen and oxygen atoms in total. The molecule has 1 aromatic carbocycles. The summed E-state index contributed by atoms with van der Waals surface area (Å²) in [7, 11) is 0. The SMILES string of the molecule is CC(C)N(C[C@H]1OC(n2cnc3c(N)ncnc32)[C@H](O)[C@@H]1O)C1CC(CCc2nc3cc(Cl)c(C(F)(F)F)cc3[nH]2)C1. The number of nitrogens with zero attached hydrogens (tertiary/aromatic N) is 6. The minimum Gasteiger partial charge on any atom is -0.387 e. The molecule has 1 aliphatic heterocycles. The van der Waals surface area contributed by atoms with Crippen LogP contribution < -0.4 is 5.73 Å². The van der Waals surface area contributed by atoms with Crippen molar-refractivity contribution in [3.8, 4) is 0 Å². The molecule has 6 rings (SSSR count). The van der Waals surface area contributed by atoms with Crippen molar-refractivity contribution < 1.29 is 28.1 Å². The summed E-state index contributed by atoms with van der Waals surface area (Å²) in [6.07, 6.45) is -2.24. The number of imidazole rings is 2. The Bertz CT molecular complexity index is 1590. The van der Waals surface area contributed by atoms with Crippen molar-refractivity contribution in [2.45, 2.75) is 82.3 Å². The number of ether oxygens (including phenoxy) is 1. The molecule has 42 heavy (non-hydrogen) atoms. The van der Waals surface area contributed by atoms with E-state index in [-0.39, 0.29) is 22.9 Å². The predicted octanol–water partition coefficient (Wildman–Crippen LogP) is 3.70. The van der Waals surface area contributed by atoms with E-state index in [4.69, 9.17) is 22.1 Å². The highest BCUT2D eigenvalue weighted by Gasteiger charge is 2.46. The van der Waals surface area contributed by atoms with Crippen molar-refractivity contribution in [2.24, 2.45) is 5.92 Å². The van der Waals surface area contributed by atoms with Crippen molar-refractivity contribution in [3.63, 3.8) is 0 Å². The number of anilines is 1. The summed E-state index contributed by atoms with van der Waals surface area (Å²) >= 11 is 5.84. The number of nitrogens with one attached hydrogen (secondary N) is 1. The molecule has 2 fully saturated rings. The predicted molar refractivity (Wildman–Crippen MR) is 148 cm³/mol. The third-order valence-corrected chi connectivity index (χ3v) is 8.76. The zero-order valence-electron chi connectivity index (χ0n) is 23.0. The second-order valence-electron chi connectivity index (χ2n) is 11.5. The number of aliphatic hydroxyl groups excluding tert-OH is 2. The van der Waals surface area contributed by atoms with E-state index in [1.165, 1.54) is 18.7 Å². The summed E-state index contributed by atoms with van der Waals surface area (Å²) in [5, 5.41) is 21.4. The van der Waals surface area contributed by atoms with Crippen LogP contribution >= 0.6 is 11.6 Å². The molecule has 4 aromatic rings. The molecule has 2 aliphatic rings. The second kappa shape index (κ2) is 10.9. The van der Waals surface area contributed by atoms with Gasteiger partial charge in [-0.1, -0.05) is 11.6 Å². The third-order valence-electron chi connectivity index (χ3n) is 8.45. The van der Waals surface area contributed by atoms with E-state index in [0.717, 1.165) is 25.3 Å². The number of benzene rings is 1. The lowest BCUT2D eigenvalue weighted by atomic mass is 9.76. The molecule has 1 unspecified atom stereocenters. The smallest absolute Gasteiger partial charge is 0.387 e. The number of aromatic nitrogens is 6. The zero-order chi connectivity index (χ0) is 29.9. The average Bonchev–Trinajstić information content (AvgIpc) is 3.58. The minimum absolute atomic E-state index is 0.174. The van der Waals surface area contributed by atoms with Crippen molar-refractivity contribution in [1.82, 2.24) is 34.4 Å². The number of H-pyrrole nitrogens is 1. The first-order chi connectivity index (χ1) is 19.9. The molecular weight excluding hydrogens is 577 g/mol. The molecule has 0 spiro atoms. The molecule has 0 bridgehead atoms. The lowest BCUT2D eigenvalue weighted by Crippen LogP contribution is -2.52. The standard InChI is InChI=1S/C27H32ClF3N8O3/c1-12(2)38(9-19-22(40)23(41)26(42-19)39-11-35-21-24(32)33-10-34-25(21)39)14-5-13(6-14)3-4-20-36-17-7-15(27(29,30)31)16(28)8-18(17)37-20/h7-8,10-14,19,22-23,26,40-41H,3-6,9H2,1-2H3,(H,36,37)(H2,32,33,34)/t13?,14?,19-,22-,23-,26?/m1/s1. The minimum atomic E-state index is -4.53. The summed E-state index contributed by atoms with van der Waals surface area (Å²) < 4.78 is 47.3. The molecular formula is C27H32ClF3N8O3. The van der Waals surface area contributed by atoms with Crippen molar-refractivity contribution in [3.05, 3.63) is 41.2 Å². The number of nitrogen functional groups attached to an aromatic ring is 1. The highest BCUT2D eigenvalue weighted by Crippen LogP contribution is 2.39. The van der Waals surface area contributed by atoms with E-state index < -0.39 is 36.3 Å². The van der Waals surface area contributed by atoms with Crippen LogP contribution in [-0.2, 0) is 17.3 Å². The largest absolute Gasteiger partial charge is 0.417 e. The van der Waals surface area contributed by atoms with E-state index in [9.17, 15) is 23.4 Å². The van der Waals surface area contributed by atoms with Gasteiger partial charge in [-0.2, -0.15) is 13.2 Å². The molecule has 4 heterocycles. The summed E-state index contributed by atoms with van der Waals surface area (Å²) in [4.78, 5) is 22.1. The molecule has 1 aliphatic carbocycles. The van der Waals surface area contributed by atoms with Gasteiger partial charge in [0.05, 0.1) is 27.9 Å². The van der Waals surface area contributed by atoms with Crippen LogP contribution in [0.25, 0.3) is 22.2 Å². The van der Waals surface area contributed by atoms with Crippen LogP contribution in [0.1, 0.15) is 50.7 Å². The molecule has 0 amide bonds. The molecule has 226 valence electrons. The Balaban J connectivity index is 1.06. The Kier molecular flexibility index (Phi) is 7.54. The number of aryl methyl sites for hydroxylation is 1. The Morgan fingerprint density at radius 1 is 1.19 bits per heavy atom. The van der Waals surface area contributed by atoms with Gasteiger partial charge in [0.15, 0.2) is 17.7 Å². The number of hydrogen-bond donors (Lipinski definition) is 4. The quantitative estimate of drug-likeness (QED) is 0.235.